The van der Waals surface area contributed by atoms with Gasteiger partial charge in [-0.15, -0.1) is 0 Å². The molecule has 0 spiro atoms. The summed E-state index contributed by atoms with van der Waals surface area (Å²) in [6.07, 6.45) is 2.02. The molecule has 0 radical (unpaired) electrons. The van der Waals surface area contributed by atoms with E-state index in [0.29, 0.717) is 5.92 Å². The highest BCUT2D eigenvalue weighted by atomic mass is 16.2. The Morgan fingerprint density at radius 2 is 1.91 bits per heavy atom. The molecule has 11 heavy (non-hydrogen) atoms. The first-order valence-corrected chi connectivity index (χ1v) is 4.24. The van der Waals surface area contributed by atoms with Gasteiger partial charge in [0.2, 0.25) is 0 Å². The van der Waals surface area contributed by atoms with E-state index < -0.39 is 0 Å². The second-order valence-corrected chi connectivity index (χ2v) is 3.86. The van der Waals surface area contributed by atoms with Crippen LogP contribution in [0, 0.1) is 17.8 Å². The van der Waals surface area contributed by atoms with E-state index in [4.69, 9.17) is 0 Å². The molecule has 2 aliphatic carbocycles. The van der Waals surface area contributed by atoms with Gasteiger partial charge in [0, 0.05) is 11.8 Å². The van der Waals surface area contributed by atoms with Crippen LogP contribution in [0.2, 0.25) is 0 Å². The third-order valence-corrected chi connectivity index (χ3v) is 3.10. The lowest BCUT2D eigenvalue weighted by molar-refractivity contribution is -0.133. The molecule has 60 valence electrons. The van der Waals surface area contributed by atoms with Gasteiger partial charge in [-0.25, -0.2) is 0 Å². The number of Topliss-reactive ketones (excluding diaryl/α,β-unsaturated/α-hetero) is 2. The molecule has 0 aromatic rings. The molecule has 0 aromatic carbocycles. The highest BCUT2D eigenvalue weighted by Crippen LogP contribution is 2.41. The zero-order valence-electron chi connectivity index (χ0n) is 6.67. The molecular weight excluding hydrogens is 140 g/mol. The van der Waals surface area contributed by atoms with Crippen LogP contribution in [-0.4, -0.2) is 11.6 Å². The molecule has 0 aromatic heterocycles. The van der Waals surface area contributed by atoms with Gasteiger partial charge in [0.1, 0.15) is 11.6 Å². The Bertz CT molecular complexity index is 220. The van der Waals surface area contributed by atoms with Gasteiger partial charge in [-0.05, 0) is 18.8 Å². The van der Waals surface area contributed by atoms with Gasteiger partial charge in [-0.2, -0.15) is 0 Å². The second-order valence-electron chi connectivity index (χ2n) is 3.86. The maximum atomic E-state index is 11.3. The van der Waals surface area contributed by atoms with E-state index in [9.17, 15) is 9.59 Å². The Labute approximate surface area is 66.0 Å². The van der Waals surface area contributed by atoms with E-state index in [0.717, 1.165) is 12.8 Å². The average molecular weight is 152 g/mol. The summed E-state index contributed by atoms with van der Waals surface area (Å²) >= 11 is 0. The topological polar surface area (TPSA) is 34.1 Å². The first kappa shape index (κ1) is 7.01. The fourth-order valence-electron chi connectivity index (χ4n) is 2.41. The highest BCUT2D eigenvalue weighted by molar-refractivity contribution is 6.04. The predicted molar refractivity (Wildman–Crippen MR) is 40.0 cm³/mol. The summed E-state index contributed by atoms with van der Waals surface area (Å²) in [5.74, 6) is 1.29. The van der Waals surface area contributed by atoms with Crippen molar-refractivity contribution in [3.05, 3.63) is 0 Å². The summed E-state index contributed by atoms with van der Waals surface area (Å²) in [7, 11) is 0. The van der Waals surface area contributed by atoms with Crippen molar-refractivity contribution in [3.8, 4) is 0 Å². The molecule has 2 nitrogen and oxygen atoms in total. The van der Waals surface area contributed by atoms with E-state index in [-0.39, 0.29) is 29.8 Å². The van der Waals surface area contributed by atoms with E-state index in [1.807, 2.05) is 0 Å². The van der Waals surface area contributed by atoms with Crippen molar-refractivity contribution in [1.29, 1.82) is 0 Å². The predicted octanol–water partition coefficient (Wildman–Crippen LogP) is 1.19. The van der Waals surface area contributed by atoms with Crippen molar-refractivity contribution in [2.24, 2.45) is 17.8 Å². The van der Waals surface area contributed by atoms with Crippen LogP contribution in [0.1, 0.15) is 26.2 Å². The van der Waals surface area contributed by atoms with Gasteiger partial charge in [0.15, 0.2) is 0 Å². The number of fused-ring (bicyclic) bond motifs is 2. The number of ketones is 2. The van der Waals surface area contributed by atoms with E-state index in [1.165, 1.54) is 0 Å². The molecule has 0 saturated heterocycles. The van der Waals surface area contributed by atoms with Gasteiger partial charge in [-0.3, -0.25) is 9.59 Å². The van der Waals surface area contributed by atoms with Crippen molar-refractivity contribution >= 4 is 11.6 Å². The molecular formula is C9H12O2. The molecule has 0 heterocycles. The number of hydrogen-bond acceptors (Lipinski definition) is 2. The van der Waals surface area contributed by atoms with Gasteiger partial charge < -0.3 is 0 Å². The SMILES string of the molecule is CC1CC2CC1C(=O)CC2=O. The lowest BCUT2D eigenvalue weighted by atomic mass is 9.85. The molecule has 0 amide bonds. The van der Waals surface area contributed by atoms with Crippen molar-refractivity contribution < 1.29 is 9.59 Å². The summed E-state index contributed by atoms with van der Waals surface area (Å²) in [5, 5.41) is 0. The Morgan fingerprint density at radius 1 is 1.18 bits per heavy atom. The summed E-state index contributed by atoms with van der Waals surface area (Å²) in [6.45, 7) is 2.08. The van der Waals surface area contributed by atoms with Crippen LogP contribution in [0.3, 0.4) is 0 Å². The molecule has 2 saturated carbocycles. The Balaban J connectivity index is 2.26. The summed E-state index contributed by atoms with van der Waals surface area (Å²) in [6, 6.07) is 0. The molecule has 2 bridgehead atoms. The van der Waals surface area contributed by atoms with Crippen LogP contribution >= 0.6 is 0 Å². The zero-order chi connectivity index (χ0) is 8.01. The number of hydrogen-bond donors (Lipinski definition) is 0. The number of rotatable bonds is 0. The Morgan fingerprint density at radius 3 is 2.64 bits per heavy atom. The highest BCUT2D eigenvalue weighted by Gasteiger charge is 2.43. The molecule has 2 rings (SSSR count). The van der Waals surface area contributed by atoms with Gasteiger partial charge >= 0.3 is 0 Å². The summed E-state index contributed by atoms with van der Waals surface area (Å²) < 4.78 is 0. The number of carbonyl (C=O) groups excluding carboxylic acids is 2. The molecule has 3 atom stereocenters. The monoisotopic (exact) mass is 152 g/mol. The minimum absolute atomic E-state index is 0.190. The van der Waals surface area contributed by atoms with Crippen LogP contribution < -0.4 is 0 Å². The third kappa shape index (κ3) is 0.924. The molecule has 2 aliphatic rings. The normalized spacial score (nSPS) is 43.2. The van der Waals surface area contributed by atoms with Gasteiger partial charge in [0.25, 0.3) is 0 Å². The zero-order valence-corrected chi connectivity index (χ0v) is 6.67. The van der Waals surface area contributed by atoms with Crippen molar-refractivity contribution in [3.63, 3.8) is 0 Å². The third-order valence-electron chi connectivity index (χ3n) is 3.10. The smallest absolute Gasteiger partial charge is 0.143 e. The Hall–Kier alpha value is -0.660. The first-order valence-electron chi connectivity index (χ1n) is 4.24. The standard InChI is InChI=1S/C9H12O2/c1-5-2-6-3-7(5)9(11)4-8(6)10/h5-7H,2-4H2,1H3. The lowest BCUT2D eigenvalue weighted by Crippen LogP contribution is -2.26. The van der Waals surface area contributed by atoms with Gasteiger partial charge in [0.05, 0.1) is 6.42 Å². The van der Waals surface area contributed by atoms with Crippen LogP contribution in [0.25, 0.3) is 0 Å². The maximum absolute atomic E-state index is 11.3. The van der Waals surface area contributed by atoms with Gasteiger partial charge in [-0.1, -0.05) is 6.92 Å². The summed E-state index contributed by atoms with van der Waals surface area (Å²) in [5.41, 5.74) is 0. The first-order chi connectivity index (χ1) is 5.18. The quantitative estimate of drug-likeness (QED) is 0.488. The lowest BCUT2D eigenvalue weighted by Gasteiger charge is -2.16. The van der Waals surface area contributed by atoms with Crippen LogP contribution in [0.5, 0.6) is 0 Å². The average Bonchev–Trinajstić information content (AvgIpc) is 2.26. The molecule has 0 N–H and O–H groups in total. The Kier molecular flexibility index (Phi) is 1.38. The van der Waals surface area contributed by atoms with Crippen molar-refractivity contribution in [2.45, 2.75) is 26.2 Å². The van der Waals surface area contributed by atoms with E-state index in [1.54, 1.807) is 0 Å². The fraction of sp³-hybridized carbons (Fsp3) is 0.778. The van der Waals surface area contributed by atoms with Crippen molar-refractivity contribution in [2.75, 3.05) is 0 Å². The van der Waals surface area contributed by atoms with Crippen LogP contribution in [0.15, 0.2) is 0 Å². The van der Waals surface area contributed by atoms with Crippen LogP contribution in [0.4, 0.5) is 0 Å². The maximum Gasteiger partial charge on any atom is 0.143 e. The molecule has 3 unspecified atom stereocenters. The molecule has 0 aliphatic heterocycles. The minimum Gasteiger partial charge on any atom is -0.299 e. The minimum atomic E-state index is 0.190. The largest absolute Gasteiger partial charge is 0.299 e. The second kappa shape index (κ2) is 2.16. The fourth-order valence-corrected chi connectivity index (χ4v) is 2.41. The molecule has 2 heteroatoms. The van der Waals surface area contributed by atoms with E-state index >= 15 is 0 Å². The van der Waals surface area contributed by atoms with Crippen molar-refractivity contribution in [1.82, 2.24) is 0 Å². The summed E-state index contributed by atoms with van der Waals surface area (Å²) in [4.78, 5) is 22.4. The van der Waals surface area contributed by atoms with E-state index in [2.05, 4.69) is 6.92 Å². The van der Waals surface area contributed by atoms with Crippen LogP contribution in [-0.2, 0) is 9.59 Å². The molecule has 2 fully saturated rings. The number of carbonyl (C=O) groups is 2.